The maximum atomic E-state index is 12.3. The number of rotatable bonds is 1. The van der Waals surface area contributed by atoms with Gasteiger partial charge in [0, 0.05) is 13.1 Å². The van der Waals surface area contributed by atoms with Gasteiger partial charge in [-0.05, 0) is 19.8 Å². The summed E-state index contributed by atoms with van der Waals surface area (Å²) >= 11 is 1.98. The average Bonchev–Trinajstić information content (AvgIpc) is 2.15. The van der Waals surface area contributed by atoms with Crippen LogP contribution >= 0.6 is 22.6 Å². The summed E-state index contributed by atoms with van der Waals surface area (Å²) in [6.45, 7) is 2.21. The molecule has 0 aromatic rings. The van der Waals surface area contributed by atoms with Crippen LogP contribution < -0.4 is 0 Å². The van der Waals surface area contributed by atoms with Crippen molar-refractivity contribution in [3.63, 3.8) is 0 Å². The zero-order valence-electron chi connectivity index (χ0n) is 8.35. The van der Waals surface area contributed by atoms with E-state index >= 15 is 0 Å². The second-order valence-corrected chi connectivity index (χ2v) is 5.63. The number of hydrogen-bond donors (Lipinski definition) is 0. The normalized spacial score (nSPS) is 21.5. The van der Waals surface area contributed by atoms with Crippen LogP contribution in [0, 0.1) is 5.92 Å². The van der Waals surface area contributed by atoms with Crippen molar-refractivity contribution in [2.75, 3.05) is 13.1 Å². The number of amides is 1. The van der Waals surface area contributed by atoms with Crippen LogP contribution in [0.3, 0.4) is 0 Å². The molecule has 0 aromatic heterocycles. The number of likely N-dealkylation sites (tertiary alicyclic amines) is 1. The summed E-state index contributed by atoms with van der Waals surface area (Å²) in [5.74, 6) is -1.29. The van der Waals surface area contributed by atoms with Gasteiger partial charge in [-0.1, -0.05) is 22.6 Å². The fourth-order valence-electron chi connectivity index (χ4n) is 1.68. The van der Waals surface area contributed by atoms with Crippen molar-refractivity contribution in [3.05, 3.63) is 0 Å². The topological polar surface area (TPSA) is 20.3 Å². The van der Waals surface area contributed by atoms with Gasteiger partial charge in [-0.2, -0.15) is 13.2 Å². The van der Waals surface area contributed by atoms with Gasteiger partial charge in [0.1, 0.15) is 0 Å². The van der Waals surface area contributed by atoms with Crippen LogP contribution in [0.5, 0.6) is 0 Å². The molecule has 88 valence electrons. The third kappa shape index (κ3) is 3.49. The molecule has 0 N–H and O–H groups in total. The van der Waals surface area contributed by atoms with Crippen LogP contribution in [-0.4, -0.2) is 34.0 Å². The Kier molecular flexibility index (Phi) is 4.25. The molecule has 1 aliphatic rings. The van der Waals surface area contributed by atoms with Gasteiger partial charge >= 0.3 is 6.18 Å². The molecule has 0 aliphatic carbocycles. The first kappa shape index (κ1) is 13.1. The summed E-state index contributed by atoms with van der Waals surface area (Å²) in [4.78, 5) is 13.0. The Morgan fingerprint density at radius 2 is 1.87 bits per heavy atom. The van der Waals surface area contributed by atoms with Crippen LogP contribution in [-0.2, 0) is 4.79 Å². The van der Waals surface area contributed by atoms with Crippen molar-refractivity contribution in [3.8, 4) is 0 Å². The lowest BCUT2D eigenvalue weighted by Gasteiger charge is -2.33. The maximum absolute atomic E-state index is 12.3. The lowest BCUT2D eigenvalue weighted by Crippen LogP contribution is -2.44. The average molecular weight is 335 g/mol. The largest absolute Gasteiger partial charge is 0.391 e. The molecule has 1 rings (SSSR count). The van der Waals surface area contributed by atoms with Crippen molar-refractivity contribution in [1.29, 1.82) is 0 Å². The first-order chi connectivity index (χ1) is 6.82. The molecule has 0 saturated carbocycles. The fourth-order valence-corrected chi connectivity index (χ4v) is 2.07. The Morgan fingerprint density at radius 3 is 2.20 bits per heavy atom. The summed E-state index contributed by atoms with van der Waals surface area (Å²) in [5, 5.41) is 0. The van der Waals surface area contributed by atoms with Gasteiger partial charge in [0.05, 0.1) is 9.84 Å². The van der Waals surface area contributed by atoms with Crippen LogP contribution in [0.4, 0.5) is 13.2 Å². The monoisotopic (exact) mass is 335 g/mol. The summed E-state index contributed by atoms with van der Waals surface area (Å²) < 4.78 is 36.8. The second kappa shape index (κ2) is 4.88. The molecule has 0 radical (unpaired) electrons. The van der Waals surface area contributed by atoms with Crippen LogP contribution in [0.2, 0.25) is 0 Å². The van der Waals surface area contributed by atoms with Crippen molar-refractivity contribution in [1.82, 2.24) is 4.90 Å². The first-order valence-electron chi connectivity index (χ1n) is 4.82. The van der Waals surface area contributed by atoms with E-state index in [4.69, 9.17) is 0 Å². The quantitative estimate of drug-likeness (QED) is 0.533. The molecule has 0 aromatic carbocycles. The van der Waals surface area contributed by atoms with E-state index in [1.165, 1.54) is 4.90 Å². The molecular weight excluding hydrogens is 322 g/mol. The summed E-state index contributed by atoms with van der Waals surface area (Å²) in [6.07, 6.45) is -4.03. The van der Waals surface area contributed by atoms with E-state index < -0.39 is 12.1 Å². The van der Waals surface area contributed by atoms with Crippen molar-refractivity contribution < 1.29 is 18.0 Å². The van der Waals surface area contributed by atoms with E-state index in [1.54, 1.807) is 6.92 Å². The van der Waals surface area contributed by atoms with E-state index in [-0.39, 0.29) is 35.8 Å². The molecule has 1 heterocycles. The number of hydrogen-bond acceptors (Lipinski definition) is 1. The predicted molar refractivity (Wildman–Crippen MR) is 58.8 cm³/mol. The minimum Gasteiger partial charge on any atom is -0.342 e. The number of nitrogens with zero attached hydrogens (tertiary/aromatic N) is 1. The molecule has 0 bridgehead atoms. The van der Waals surface area contributed by atoms with Gasteiger partial charge in [-0.15, -0.1) is 0 Å². The minimum absolute atomic E-state index is 0.0403. The van der Waals surface area contributed by atoms with Gasteiger partial charge in [-0.25, -0.2) is 0 Å². The van der Waals surface area contributed by atoms with E-state index in [9.17, 15) is 18.0 Å². The number of alkyl halides is 4. The summed E-state index contributed by atoms with van der Waals surface area (Å²) in [6, 6.07) is 0. The smallest absolute Gasteiger partial charge is 0.342 e. The zero-order valence-corrected chi connectivity index (χ0v) is 10.5. The Labute approximate surface area is 100 Å². The molecule has 6 heteroatoms. The molecular formula is C9H13F3INO. The van der Waals surface area contributed by atoms with Crippen molar-refractivity contribution >= 4 is 28.5 Å². The Bertz CT molecular complexity index is 234. The molecule has 1 atom stereocenters. The number of carbonyl (C=O) groups is 1. The van der Waals surface area contributed by atoms with Gasteiger partial charge in [0.25, 0.3) is 0 Å². The van der Waals surface area contributed by atoms with E-state index in [2.05, 4.69) is 0 Å². The van der Waals surface area contributed by atoms with Crippen LogP contribution in [0.15, 0.2) is 0 Å². The highest BCUT2D eigenvalue weighted by atomic mass is 127. The van der Waals surface area contributed by atoms with Crippen molar-refractivity contribution in [2.24, 2.45) is 5.92 Å². The van der Waals surface area contributed by atoms with Gasteiger partial charge in [0.15, 0.2) is 0 Å². The molecule has 15 heavy (non-hydrogen) atoms. The predicted octanol–water partition coefficient (Wildman–Crippen LogP) is 2.61. The standard InChI is InChI=1S/C9H13F3INO/c1-6(13)8(15)14-4-2-7(3-5-14)9(10,11)12/h6-7H,2-5H2,1H3/t6-/m0/s1. The molecule has 1 aliphatic heterocycles. The SMILES string of the molecule is C[C@H](I)C(=O)N1CCC(C(F)(F)F)CC1. The summed E-state index contributed by atoms with van der Waals surface area (Å²) in [5.41, 5.74) is 0. The molecule has 1 saturated heterocycles. The van der Waals surface area contributed by atoms with E-state index in [1.807, 2.05) is 22.6 Å². The molecule has 0 unspecified atom stereocenters. The van der Waals surface area contributed by atoms with Gasteiger partial charge in [0.2, 0.25) is 5.91 Å². The summed E-state index contributed by atoms with van der Waals surface area (Å²) in [7, 11) is 0. The van der Waals surface area contributed by atoms with E-state index in [0.717, 1.165) is 0 Å². The molecule has 1 amide bonds. The lowest BCUT2D eigenvalue weighted by atomic mass is 9.96. The second-order valence-electron chi connectivity index (χ2n) is 3.76. The highest BCUT2D eigenvalue weighted by Gasteiger charge is 2.41. The lowest BCUT2D eigenvalue weighted by molar-refractivity contribution is -0.186. The zero-order chi connectivity index (χ0) is 11.6. The van der Waals surface area contributed by atoms with Crippen LogP contribution in [0.1, 0.15) is 19.8 Å². The van der Waals surface area contributed by atoms with Crippen molar-refractivity contribution in [2.45, 2.75) is 29.9 Å². The number of piperidine rings is 1. The van der Waals surface area contributed by atoms with Crippen LogP contribution in [0.25, 0.3) is 0 Å². The van der Waals surface area contributed by atoms with E-state index in [0.29, 0.717) is 0 Å². The molecule has 1 fully saturated rings. The third-order valence-corrected chi connectivity index (χ3v) is 3.14. The molecule has 0 spiro atoms. The molecule has 2 nitrogen and oxygen atoms in total. The Hall–Kier alpha value is -0.0100. The van der Waals surface area contributed by atoms with Gasteiger partial charge in [-0.3, -0.25) is 4.79 Å². The fraction of sp³-hybridized carbons (Fsp3) is 0.889. The maximum Gasteiger partial charge on any atom is 0.391 e. The highest BCUT2D eigenvalue weighted by Crippen LogP contribution is 2.34. The van der Waals surface area contributed by atoms with Gasteiger partial charge < -0.3 is 4.90 Å². The Balaban J connectivity index is 2.46. The highest BCUT2D eigenvalue weighted by molar-refractivity contribution is 14.1. The number of halogens is 4. The Morgan fingerprint density at radius 1 is 1.40 bits per heavy atom. The number of carbonyl (C=O) groups excluding carboxylic acids is 1. The minimum atomic E-state index is -4.11. The first-order valence-corrected chi connectivity index (χ1v) is 6.06. The third-order valence-electron chi connectivity index (χ3n) is 2.61.